The maximum atomic E-state index is 13.7. The Bertz CT molecular complexity index is 508. The van der Waals surface area contributed by atoms with E-state index in [9.17, 15) is 36.2 Å². The zero-order valence-electron chi connectivity index (χ0n) is 14.7. The Hall–Kier alpha value is -0.990. The fourth-order valence-electron chi connectivity index (χ4n) is 6.14. The van der Waals surface area contributed by atoms with E-state index >= 15 is 0 Å². The van der Waals surface area contributed by atoms with E-state index in [1.165, 1.54) is 0 Å². The number of fused-ring (bicyclic) bond motifs is 2. The molecule has 3 aliphatic carbocycles. The summed E-state index contributed by atoms with van der Waals surface area (Å²) >= 11 is 0. The van der Waals surface area contributed by atoms with Crippen molar-refractivity contribution in [3.8, 4) is 0 Å². The van der Waals surface area contributed by atoms with E-state index in [1.807, 2.05) is 0 Å². The highest BCUT2D eigenvalue weighted by molar-refractivity contribution is 5.38. The zero-order valence-corrected chi connectivity index (χ0v) is 14.7. The molecular weight excluding hydrogens is 378 g/mol. The monoisotopic (exact) mass is 402 g/mol. The third-order valence-electron chi connectivity index (χ3n) is 7.08. The minimum Gasteiger partial charge on any atom is -0.464 e. The Balaban J connectivity index is 2.12. The Morgan fingerprint density at radius 2 is 1.11 bits per heavy atom. The highest BCUT2D eigenvalue weighted by Crippen LogP contribution is 2.62. The number of halogens is 6. The lowest BCUT2D eigenvalue weighted by Crippen LogP contribution is -2.69. The van der Waals surface area contributed by atoms with E-state index in [0.29, 0.717) is 38.5 Å². The Morgan fingerprint density at radius 3 is 1.44 bits per heavy atom. The van der Waals surface area contributed by atoms with Crippen LogP contribution in [-0.2, 0) is 9.53 Å². The molecule has 4 unspecified atom stereocenters. The van der Waals surface area contributed by atoms with Crippen molar-refractivity contribution in [3.05, 3.63) is 0 Å². The van der Waals surface area contributed by atoms with Gasteiger partial charge in [-0.1, -0.05) is 25.7 Å². The predicted molar refractivity (Wildman–Crippen MR) is 82.4 cm³/mol. The zero-order chi connectivity index (χ0) is 20.0. The van der Waals surface area contributed by atoms with E-state index in [4.69, 9.17) is 4.74 Å². The normalized spacial score (nSPS) is 37.9. The van der Waals surface area contributed by atoms with Gasteiger partial charge in [0.25, 0.3) is 12.1 Å². The molecule has 0 aliphatic heterocycles. The van der Waals surface area contributed by atoms with Crippen molar-refractivity contribution in [1.29, 1.82) is 0 Å². The number of alkyl halides is 6. The van der Waals surface area contributed by atoms with Gasteiger partial charge in [-0.3, -0.25) is 4.79 Å². The third kappa shape index (κ3) is 3.23. The largest absolute Gasteiger partial charge is 0.464 e. The summed E-state index contributed by atoms with van der Waals surface area (Å²) in [5.74, 6) is -5.07. The predicted octanol–water partition coefficient (Wildman–Crippen LogP) is 4.63. The fourth-order valence-corrected chi connectivity index (χ4v) is 6.14. The van der Waals surface area contributed by atoms with E-state index in [1.54, 1.807) is 0 Å². The van der Waals surface area contributed by atoms with Gasteiger partial charge in [-0.25, -0.2) is 0 Å². The molecule has 0 bridgehead atoms. The number of hydrogen-bond acceptors (Lipinski definition) is 3. The van der Waals surface area contributed by atoms with E-state index in [2.05, 4.69) is 0 Å². The van der Waals surface area contributed by atoms with Gasteiger partial charge in [0.2, 0.25) is 0 Å². The van der Waals surface area contributed by atoms with E-state index < -0.39 is 53.6 Å². The Labute approximate surface area is 153 Å². The number of hydrogen-bond donors (Lipinski definition) is 1. The average Bonchev–Trinajstić information content (AvgIpc) is 2.59. The highest BCUT2D eigenvalue weighted by atomic mass is 19.4. The van der Waals surface area contributed by atoms with Crippen LogP contribution in [0.15, 0.2) is 0 Å². The molecule has 0 aromatic carbocycles. The van der Waals surface area contributed by atoms with Crippen LogP contribution >= 0.6 is 0 Å². The molecule has 0 radical (unpaired) electrons. The first-order valence-corrected chi connectivity index (χ1v) is 9.49. The number of ether oxygens (including phenoxy) is 1. The van der Waals surface area contributed by atoms with Gasteiger partial charge in [0.05, 0.1) is 0 Å². The summed E-state index contributed by atoms with van der Waals surface area (Å²) in [6.45, 7) is 0.252. The summed E-state index contributed by atoms with van der Waals surface area (Å²) in [5.41, 5.74) is -4.74. The molecule has 1 N–H and O–H groups in total. The van der Waals surface area contributed by atoms with Gasteiger partial charge in [0.1, 0.15) is 6.10 Å². The van der Waals surface area contributed by atoms with Crippen LogP contribution in [0.1, 0.15) is 51.4 Å². The number of aliphatic hydroxyl groups is 1. The van der Waals surface area contributed by atoms with Crippen LogP contribution in [0.2, 0.25) is 0 Å². The summed E-state index contributed by atoms with van der Waals surface area (Å²) in [7, 11) is 0. The summed E-state index contributed by atoms with van der Waals surface area (Å²) in [5, 5.41) is 10.2. The topological polar surface area (TPSA) is 46.5 Å². The maximum absolute atomic E-state index is 13.7. The second-order valence-corrected chi connectivity index (χ2v) is 8.21. The van der Waals surface area contributed by atoms with Crippen molar-refractivity contribution in [2.45, 2.75) is 75.4 Å². The van der Waals surface area contributed by atoms with Gasteiger partial charge in [-0.15, -0.1) is 0 Å². The van der Waals surface area contributed by atoms with Gasteiger partial charge >= 0.3 is 12.4 Å². The molecule has 0 heterocycles. The van der Waals surface area contributed by atoms with E-state index in [-0.39, 0.29) is 19.3 Å². The van der Waals surface area contributed by atoms with Crippen molar-refractivity contribution < 1.29 is 41.0 Å². The fraction of sp³-hybridized carbons (Fsp3) is 0.944. The lowest BCUT2D eigenvalue weighted by molar-refractivity contribution is -0.402. The number of rotatable bonds is 3. The van der Waals surface area contributed by atoms with Gasteiger partial charge < -0.3 is 9.84 Å². The van der Waals surface area contributed by atoms with Crippen molar-refractivity contribution in [1.82, 2.24) is 0 Å². The standard InChI is InChI=1S/C18H24F6O3/c19-17(20,21)16(26,18(22,23)24)14-10-5-1-3-7-12(10)15(27-9-25)13-8-4-2-6-11(13)14/h9-15,26H,1-8H2. The summed E-state index contributed by atoms with van der Waals surface area (Å²) in [6.07, 6.45) is -8.79. The van der Waals surface area contributed by atoms with Crippen molar-refractivity contribution in [2.24, 2.45) is 29.6 Å². The Kier molecular flexibility index (Phi) is 5.47. The summed E-state index contributed by atoms with van der Waals surface area (Å²) in [6, 6.07) is 0. The SMILES string of the molecule is O=COC1C2CCCCC2C(C(O)(C(F)(F)F)C(F)(F)F)C2CCCCC21. The molecule has 3 fully saturated rings. The lowest BCUT2D eigenvalue weighted by atomic mass is 9.50. The molecule has 0 amide bonds. The molecule has 156 valence electrons. The average molecular weight is 402 g/mol. The van der Waals surface area contributed by atoms with Crippen LogP contribution in [0.3, 0.4) is 0 Å². The minimum absolute atomic E-state index is 0.172. The van der Waals surface area contributed by atoms with Crippen LogP contribution < -0.4 is 0 Å². The van der Waals surface area contributed by atoms with Crippen LogP contribution in [0.25, 0.3) is 0 Å². The second kappa shape index (κ2) is 7.12. The van der Waals surface area contributed by atoms with Gasteiger partial charge in [0, 0.05) is 5.92 Å². The van der Waals surface area contributed by atoms with Crippen LogP contribution in [0.5, 0.6) is 0 Å². The molecule has 0 aromatic rings. The summed E-state index contributed by atoms with van der Waals surface area (Å²) < 4.78 is 87.4. The van der Waals surface area contributed by atoms with Crippen molar-refractivity contribution in [2.75, 3.05) is 0 Å². The smallest absolute Gasteiger partial charge is 0.426 e. The molecule has 3 saturated carbocycles. The molecule has 3 aliphatic rings. The third-order valence-corrected chi connectivity index (χ3v) is 7.08. The second-order valence-electron chi connectivity index (χ2n) is 8.21. The van der Waals surface area contributed by atoms with Gasteiger partial charge in [0.15, 0.2) is 0 Å². The number of carbonyl (C=O) groups excluding carboxylic acids is 1. The van der Waals surface area contributed by atoms with Crippen LogP contribution in [-0.4, -0.2) is 35.6 Å². The molecule has 3 nitrogen and oxygen atoms in total. The Morgan fingerprint density at radius 1 is 0.741 bits per heavy atom. The van der Waals surface area contributed by atoms with Crippen molar-refractivity contribution >= 4 is 6.47 Å². The molecule has 4 atom stereocenters. The first-order chi connectivity index (χ1) is 12.5. The molecular formula is C18H24F6O3. The minimum atomic E-state index is -5.82. The molecule has 0 aromatic heterocycles. The van der Waals surface area contributed by atoms with Crippen LogP contribution in [0.4, 0.5) is 26.3 Å². The quantitative estimate of drug-likeness (QED) is 0.553. The first-order valence-electron chi connectivity index (χ1n) is 9.49. The number of carbonyl (C=O) groups is 1. The molecule has 0 spiro atoms. The molecule has 0 saturated heterocycles. The maximum Gasteiger partial charge on any atom is 0.426 e. The van der Waals surface area contributed by atoms with E-state index in [0.717, 1.165) is 0 Å². The van der Waals surface area contributed by atoms with Gasteiger partial charge in [-0.2, -0.15) is 26.3 Å². The lowest BCUT2D eigenvalue weighted by Gasteiger charge is -2.58. The van der Waals surface area contributed by atoms with Gasteiger partial charge in [-0.05, 0) is 49.4 Å². The highest BCUT2D eigenvalue weighted by Gasteiger charge is 2.77. The van der Waals surface area contributed by atoms with Crippen molar-refractivity contribution in [3.63, 3.8) is 0 Å². The first kappa shape index (κ1) is 20.7. The molecule has 3 rings (SSSR count). The molecule has 9 heteroatoms. The van der Waals surface area contributed by atoms with Crippen LogP contribution in [0, 0.1) is 29.6 Å². The molecule has 27 heavy (non-hydrogen) atoms. The summed E-state index contributed by atoms with van der Waals surface area (Å²) in [4.78, 5) is 11.0.